The minimum absolute atomic E-state index is 0.0748. The topological polar surface area (TPSA) is 77.1 Å². The maximum Gasteiger partial charge on any atom is 0.226 e. The summed E-state index contributed by atoms with van der Waals surface area (Å²) in [5, 5.41) is 2.80. The smallest absolute Gasteiger partial charge is 0.226 e. The molecule has 0 bridgehead atoms. The summed E-state index contributed by atoms with van der Waals surface area (Å²) in [6.07, 6.45) is 0.220. The van der Waals surface area contributed by atoms with Crippen LogP contribution in [0.1, 0.15) is 13.3 Å². The molecule has 0 saturated carbocycles. The van der Waals surface area contributed by atoms with Crippen molar-refractivity contribution in [2.45, 2.75) is 13.3 Å². The largest absolute Gasteiger partial charge is 0.486 e. The molecule has 1 aromatic rings. The van der Waals surface area contributed by atoms with Crippen LogP contribution in [-0.4, -0.2) is 56.7 Å². The number of benzene rings is 1. The number of rotatable bonds is 7. The number of hydrogen-bond donors (Lipinski definition) is 1. The van der Waals surface area contributed by atoms with Gasteiger partial charge in [0.25, 0.3) is 0 Å². The van der Waals surface area contributed by atoms with E-state index in [2.05, 4.69) is 5.32 Å². The maximum atomic E-state index is 12.0. The number of methoxy groups -OCH3 is 1. The second kappa shape index (κ2) is 8.38. The molecule has 126 valence electrons. The van der Waals surface area contributed by atoms with Crippen LogP contribution >= 0.6 is 0 Å². The van der Waals surface area contributed by atoms with Crippen LogP contribution in [0.15, 0.2) is 18.2 Å². The zero-order chi connectivity index (χ0) is 16.7. The molecule has 0 unspecified atom stereocenters. The fourth-order valence-electron chi connectivity index (χ4n) is 2.21. The van der Waals surface area contributed by atoms with E-state index in [4.69, 9.17) is 14.2 Å². The van der Waals surface area contributed by atoms with Crippen molar-refractivity contribution >= 4 is 17.5 Å². The van der Waals surface area contributed by atoms with Gasteiger partial charge in [-0.05, 0) is 12.1 Å². The van der Waals surface area contributed by atoms with Crippen LogP contribution in [0.5, 0.6) is 11.5 Å². The SMILES string of the molecule is COCCN(CCC(=O)Nc1ccc2c(c1)OCCO2)C(C)=O. The monoisotopic (exact) mass is 322 g/mol. The van der Waals surface area contributed by atoms with Crippen molar-refractivity contribution in [2.24, 2.45) is 0 Å². The van der Waals surface area contributed by atoms with Gasteiger partial charge in [-0.15, -0.1) is 0 Å². The van der Waals surface area contributed by atoms with Crippen LogP contribution in [0.25, 0.3) is 0 Å². The number of amides is 2. The first-order valence-electron chi connectivity index (χ1n) is 7.54. The molecule has 7 heteroatoms. The second-order valence-corrected chi connectivity index (χ2v) is 5.16. The van der Waals surface area contributed by atoms with Gasteiger partial charge in [0, 0.05) is 45.3 Å². The van der Waals surface area contributed by atoms with E-state index in [1.165, 1.54) is 6.92 Å². The quantitative estimate of drug-likeness (QED) is 0.818. The average molecular weight is 322 g/mol. The van der Waals surface area contributed by atoms with Gasteiger partial charge in [0.1, 0.15) is 13.2 Å². The molecule has 1 aliphatic heterocycles. The molecule has 1 N–H and O–H groups in total. The Hall–Kier alpha value is -2.28. The number of hydrogen-bond acceptors (Lipinski definition) is 5. The Morgan fingerprint density at radius 2 is 1.96 bits per heavy atom. The molecule has 2 amide bonds. The fourth-order valence-corrected chi connectivity index (χ4v) is 2.21. The van der Waals surface area contributed by atoms with Gasteiger partial charge in [-0.2, -0.15) is 0 Å². The number of anilines is 1. The number of ether oxygens (including phenoxy) is 3. The van der Waals surface area contributed by atoms with Crippen molar-refractivity contribution in [1.82, 2.24) is 4.90 Å². The summed E-state index contributed by atoms with van der Waals surface area (Å²) in [6.45, 7) is 3.79. The van der Waals surface area contributed by atoms with E-state index in [1.54, 1.807) is 30.2 Å². The van der Waals surface area contributed by atoms with Crippen LogP contribution in [0, 0.1) is 0 Å². The number of carbonyl (C=O) groups excluding carboxylic acids is 2. The van der Waals surface area contributed by atoms with Crippen LogP contribution in [0.3, 0.4) is 0 Å². The molecule has 7 nitrogen and oxygen atoms in total. The molecule has 23 heavy (non-hydrogen) atoms. The van der Waals surface area contributed by atoms with Crippen LogP contribution in [-0.2, 0) is 14.3 Å². The van der Waals surface area contributed by atoms with Crippen molar-refractivity contribution in [3.8, 4) is 11.5 Å². The van der Waals surface area contributed by atoms with Gasteiger partial charge in [0.15, 0.2) is 11.5 Å². The lowest BCUT2D eigenvalue weighted by Gasteiger charge is -2.21. The molecule has 2 rings (SSSR count). The van der Waals surface area contributed by atoms with Gasteiger partial charge in [-0.1, -0.05) is 0 Å². The van der Waals surface area contributed by atoms with Gasteiger partial charge < -0.3 is 24.4 Å². The van der Waals surface area contributed by atoms with Gasteiger partial charge in [0.2, 0.25) is 11.8 Å². The number of carbonyl (C=O) groups is 2. The molecule has 0 aliphatic carbocycles. The molecule has 1 heterocycles. The minimum atomic E-state index is -0.162. The molecule has 1 aliphatic rings. The van der Waals surface area contributed by atoms with Gasteiger partial charge in [0.05, 0.1) is 6.61 Å². The van der Waals surface area contributed by atoms with E-state index in [0.29, 0.717) is 50.1 Å². The van der Waals surface area contributed by atoms with E-state index >= 15 is 0 Å². The van der Waals surface area contributed by atoms with E-state index in [1.807, 2.05) is 0 Å². The van der Waals surface area contributed by atoms with Gasteiger partial charge in [-0.3, -0.25) is 9.59 Å². The van der Waals surface area contributed by atoms with Crippen LogP contribution < -0.4 is 14.8 Å². The number of nitrogens with zero attached hydrogens (tertiary/aromatic N) is 1. The predicted octanol–water partition coefficient (Wildman–Crippen LogP) is 1.28. The highest BCUT2D eigenvalue weighted by Gasteiger charge is 2.14. The highest BCUT2D eigenvalue weighted by atomic mass is 16.6. The van der Waals surface area contributed by atoms with Crippen molar-refractivity contribution in [3.05, 3.63) is 18.2 Å². The van der Waals surface area contributed by atoms with E-state index in [-0.39, 0.29) is 18.2 Å². The molecular weight excluding hydrogens is 300 g/mol. The fraction of sp³-hybridized carbons (Fsp3) is 0.500. The highest BCUT2D eigenvalue weighted by Crippen LogP contribution is 2.32. The molecule has 0 aromatic heterocycles. The van der Waals surface area contributed by atoms with E-state index < -0.39 is 0 Å². The normalized spacial score (nSPS) is 12.6. The number of fused-ring (bicyclic) bond motifs is 1. The van der Waals surface area contributed by atoms with Gasteiger partial charge in [-0.25, -0.2) is 0 Å². The van der Waals surface area contributed by atoms with Crippen molar-refractivity contribution in [1.29, 1.82) is 0 Å². The van der Waals surface area contributed by atoms with Crippen molar-refractivity contribution in [2.75, 3.05) is 45.3 Å². The Labute approximate surface area is 135 Å². The molecular formula is C16H22N2O5. The molecule has 0 radical (unpaired) electrons. The van der Waals surface area contributed by atoms with Crippen molar-refractivity contribution in [3.63, 3.8) is 0 Å². The molecule has 0 atom stereocenters. The maximum absolute atomic E-state index is 12.0. The lowest BCUT2D eigenvalue weighted by molar-refractivity contribution is -0.130. The van der Waals surface area contributed by atoms with Crippen LogP contribution in [0.2, 0.25) is 0 Å². The molecule has 0 spiro atoms. The number of nitrogens with one attached hydrogen (secondary N) is 1. The first kappa shape index (κ1) is 17.1. The van der Waals surface area contributed by atoms with Gasteiger partial charge >= 0.3 is 0 Å². The molecule has 1 aromatic carbocycles. The summed E-state index contributed by atoms with van der Waals surface area (Å²) < 4.78 is 15.9. The van der Waals surface area contributed by atoms with E-state index in [9.17, 15) is 9.59 Å². The lowest BCUT2D eigenvalue weighted by Crippen LogP contribution is -2.34. The first-order chi connectivity index (χ1) is 11.1. The van der Waals surface area contributed by atoms with Crippen molar-refractivity contribution < 1.29 is 23.8 Å². The Morgan fingerprint density at radius 3 is 2.65 bits per heavy atom. The molecule has 0 fully saturated rings. The summed E-state index contributed by atoms with van der Waals surface area (Å²) in [4.78, 5) is 25.1. The van der Waals surface area contributed by atoms with E-state index in [0.717, 1.165) is 0 Å². The summed E-state index contributed by atoms with van der Waals surface area (Å²) in [5.41, 5.74) is 0.644. The zero-order valence-electron chi connectivity index (χ0n) is 13.5. The summed E-state index contributed by atoms with van der Waals surface area (Å²) in [5.74, 6) is 1.07. The Bertz CT molecular complexity index is 561. The zero-order valence-corrected chi connectivity index (χ0v) is 13.5. The average Bonchev–Trinajstić information content (AvgIpc) is 2.54. The summed E-state index contributed by atoms with van der Waals surface area (Å²) >= 11 is 0. The Balaban J connectivity index is 1.85. The van der Waals surface area contributed by atoms with Crippen LogP contribution in [0.4, 0.5) is 5.69 Å². The third-order valence-electron chi connectivity index (χ3n) is 3.45. The Kier molecular flexibility index (Phi) is 6.22. The second-order valence-electron chi connectivity index (χ2n) is 5.16. The predicted molar refractivity (Wildman–Crippen MR) is 84.8 cm³/mol. The summed E-state index contributed by atoms with van der Waals surface area (Å²) in [6, 6.07) is 5.27. The molecule has 0 saturated heterocycles. The lowest BCUT2D eigenvalue weighted by atomic mass is 10.2. The summed E-state index contributed by atoms with van der Waals surface area (Å²) in [7, 11) is 1.58. The third kappa shape index (κ3) is 5.14. The minimum Gasteiger partial charge on any atom is -0.486 e. The highest BCUT2D eigenvalue weighted by molar-refractivity contribution is 5.91. The Morgan fingerprint density at radius 1 is 1.22 bits per heavy atom. The third-order valence-corrected chi connectivity index (χ3v) is 3.45. The standard InChI is InChI=1S/C16H22N2O5/c1-12(19)18(7-8-21-2)6-5-16(20)17-13-3-4-14-15(11-13)23-10-9-22-14/h3-4,11H,5-10H2,1-2H3,(H,17,20). The first-order valence-corrected chi connectivity index (χ1v) is 7.54.